The molecule has 90 valence electrons. The minimum Gasteiger partial charge on any atom is -0.487 e. The van der Waals surface area contributed by atoms with Gasteiger partial charge in [-0.2, -0.15) is 0 Å². The highest BCUT2D eigenvalue weighted by molar-refractivity contribution is 5.29. The van der Waals surface area contributed by atoms with Gasteiger partial charge in [0.1, 0.15) is 6.61 Å². The fourth-order valence-corrected chi connectivity index (χ4v) is 0.989. The van der Waals surface area contributed by atoms with Crippen molar-refractivity contribution in [3.63, 3.8) is 0 Å². The minimum atomic E-state index is -0.449. The van der Waals surface area contributed by atoms with Gasteiger partial charge in [-0.1, -0.05) is 6.92 Å². The smallest absolute Gasteiger partial charge is 0.297 e. The molecule has 0 aliphatic carbocycles. The van der Waals surface area contributed by atoms with Crippen molar-refractivity contribution in [3.8, 4) is 11.6 Å². The van der Waals surface area contributed by atoms with Gasteiger partial charge in [-0.3, -0.25) is 4.79 Å². The number of hydrogen-bond acceptors (Lipinski definition) is 5. The Morgan fingerprint density at radius 2 is 2.31 bits per heavy atom. The van der Waals surface area contributed by atoms with E-state index in [9.17, 15) is 4.79 Å². The van der Waals surface area contributed by atoms with Gasteiger partial charge in [0.2, 0.25) is 5.75 Å². The summed E-state index contributed by atoms with van der Waals surface area (Å²) < 4.78 is 10.3. The van der Waals surface area contributed by atoms with Crippen LogP contribution in [0.25, 0.3) is 0 Å². The van der Waals surface area contributed by atoms with Gasteiger partial charge in [-0.05, 0) is 13.3 Å². The third-order valence-electron chi connectivity index (χ3n) is 2.33. The molecule has 1 atom stereocenters. The highest BCUT2D eigenvalue weighted by Crippen LogP contribution is 2.18. The zero-order chi connectivity index (χ0) is 12.2. The predicted octanol–water partition coefficient (Wildman–Crippen LogP) is 0.285. The van der Waals surface area contributed by atoms with Gasteiger partial charge in [-0.15, -0.1) is 0 Å². The molecule has 0 saturated heterocycles. The first kappa shape index (κ1) is 12.5. The SMILES string of the molecule is CCC(C)(N)COc1nc[nH]c(=O)c1OC. The van der Waals surface area contributed by atoms with E-state index in [2.05, 4.69) is 9.97 Å². The van der Waals surface area contributed by atoms with Crippen molar-refractivity contribution in [2.75, 3.05) is 13.7 Å². The third-order valence-corrected chi connectivity index (χ3v) is 2.33. The average Bonchev–Trinajstić information content (AvgIpc) is 2.26. The molecule has 1 aromatic rings. The van der Waals surface area contributed by atoms with Crippen molar-refractivity contribution in [2.24, 2.45) is 5.73 Å². The normalized spacial score (nSPS) is 14.2. The number of hydrogen-bond donors (Lipinski definition) is 2. The van der Waals surface area contributed by atoms with Gasteiger partial charge in [0.05, 0.1) is 13.4 Å². The van der Waals surface area contributed by atoms with Crippen molar-refractivity contribution in [1.29, 1.82) is 0 Å². The zero-order valence-electron chi connectivity index (χ0n) is 9.74. The van der Waals surface area contributed by atoms with Crippen LogP contribution in [0, 0.1) is 0 Å². The van der Waals surface area contributed by atoms with Gasteiger partial charge in [-0.25, -0.2) is 4.98 Å². The number of H-pyrrole nitrogens is 1. The maximum Gasteiger partial charge on any atom is 0.297 e. The summed E-state index contributed by atoms with van der Waals surface area (Å²) in [6, 6.07) is 0. The number of nitrogens with zero attached hydrogens (tertiary/aromatic N) is 1. The molecule has 1 heterocycles. The summed E-state index contributed by atoms with van der Waals surface area (Å²) in [5, 5.41) is 0. The van der Waals surface area contributed by atoms with E-state index in [-0.39, 0.29) is 23.8 Å². The third kappa shape index (κ3) is 2.96. The van der Waals surface area contributed by atoms with Crippen LogP contribution in [-0.2, 0) is 0 Å². The largest absolute Gasteiger partial charge is 0.487 e. The molecule has 1 aromatic heterocycles. The lowest BCUT2D eigenvalue weighted by Crippen LogP contribution is -2.41. The highest BCUT2D eigenvalue weighted by Gasteiger charge is 2.19. The van der Waals surface area contributed by atoms with Crippen molar-refractivity contribution in [3.05, 3.63) is 16.7 Å². The van der Waals surface area contributed by atoms with Crippen LogP contribution in [0.2, 0.25) is 0 Å². The Hall–Kier alpha value is -1.56. The zero-order valence-corrected chi connectivity index (χ0v) is 9.74. The molecule has 6 nitrogen and oxygen atoms in total. The van der Waals surface area contributed by atoms with Gasteiger partial charge >= 0.3 is 0 Å². The van der Waals surface area contributed by atoms with Crippen LogP contribution >= 0.6 is 0 Å². The Balaban J connectivity index is 2.82. The molecule has 0 bridgehead atoms. The molecule has 6 heteroatoms. The van der Waals surface area contributed by atoms with Gasteiger partial charge in [0.25, 0.3) is 11.4 Å². The van der Waals surface area contributed by atoms with E-state index in [0.29, 0.717) is 0 Å². The first-order valence-electron chi connectivity index (χ1n) is 5.03. The Morgan fingerprint density at radius 3 is 2.88 bits per heavy atom. The number of methoxy groups -OCH3 is 1. The summed E-state index contributed by atoms with van der Waals surface area (Å²) in [6.07, 6.45) is 2.03. The van der Waals surface area contributed by atoms with Gasteiger partial charge in [0.15, 0.2) is 0 Å². The summed E-state index contributed by atoms with van der Waals surface area (Å²) in [5.74, 6) is 0.228. The lowest BCUT2D eigenvalue weighted by Gasteiger charge is -2.22. The Kier molecular flexibility index (Phi) is 3.89. The van der Waals surface area contributed by atoms with Crippen molar-refractivity contribution in [1.82, 2.24) is 9.97 Å². The number of nitrogens with one attached hydrogen (secondary N) is 1. The molecule has 0 aromatic carbocycles. The van der Waals surface area contributed by atoms with Crippen LogP contribution in [0.4, 0.5) is 0 Å². The first-order chi connectivity index (χ1) is 7.50. The molecule has 0 radical (unpaired) electrons. The van der Waals surface area contributed by atoms with Crippen LogP contribution in [0.3, 0.4) is 0 Å². The van der Waals surface area contributed by atoms with Gasteiger partial charge < -0.3 is 20.2 Å². The molecule has 1 unspecified atom stereocenters. The van der Waals surface area contributed by atoms with E-state index in [1.54, 1.807) is 0 Å². The van der Waals surface area contributed by atoms with E-state index in [1.165, 1.54) is 13.4 Å². The van der Waals surface area contributed by atoms with Crippen LogP contribution in [0.5, 0.6) is 11.6 Å². The molecule has 0 amide bonds. The van der Waals surface area contributed by atoms with Crippen LogP contribution in [0.15, 0.2) is 11.1 Å². The van der Waals surface area contributed by atoms with Crippen molar-refractivity contribution >= 4 is 0 Å². The molecule has 0 saturated carbocycles. The molecule has 16 heavy (non-hydrogen) atoms. The van der Waals surface area contributed by atoms with E-state index in [0.717, 1.165) is 6.42 Å². The molecule has 0 spiro atoms. The van der Waals surface area contributed by atoms with Crippen LogP contribution < -0.4 is 20.8 Å². The monoisotopic (exact) mass is 227 g/mol. The van der Waals surface area contributed by atoms with E-state index in [4.69, 9.17) is 15.2 Å². The standard InChI is InChI=1S/C10H17N3O3/c1-4-10(2,11)5-16-9-7(15-3)8(14)12-6-13-9/h6H,4-5,11H2,1-3H3,(H,12,13,14). The number of aromatic nitrogens is 2. The second-order valence-corrected chi connectivity index (χ2v) is 3.87. The molecular weight excluding hydrogens is 210 g/mol. The maximum absolute atomic E-state index is 11.3. The summed E-state index contributed by atoms with van der Waals surface area (Å²) in [6.45, 7) is 4.11. The van der Waals surface area contributed by atoms with E-state index < -0.39 is 5.54 Å². The number of ether oxygens (including phenoxy) is 2. The van der Waals surface area contributed by atoms with Crippen LogP contribution in [0.1, 0.15) is 20.3 Å². The number of nitrogens with two attached hydrogens (primary N) is 1. The van der Waals surface area contributed by atoms with Crippen molar-refractivity contribution < 1.29 is 9.47 Å². The summed E-state index contributed by atoms with van der Waals surface area (Å²) in [7, 11) is 1.39. The second-order valence-electron chi connectivity index (χ2n) is 3.87. The highest BCUT2D eigenvalue weighted by atomic mass is 16.5. The molecular formula is C10H17N3O3. The predicted molar refractivity (Wildman–Crippen MR) is 59.8 cm³/mol. The second kappa shape index (κ2) is 4.98. The summed E-state index contributed by atoms with van der Waals surface area (Å²) in [5.41, 5.74) is 5.09. The fourth-order valence-electron chi connectivity index (χ4n) is 0.989. The lowest BCUT2D eigenvalue weighted by molar-refractivity contribution is 0.208. The Morgan fingerprint density at radius 1 is 1.62 bits per heavy atom. The lowest BCUT2D eigenvalue weighted by atomic mass is 10.0. The number of aromatic amines is 1. The average molecular weight is 227 g/mol. The summed E-state index contributed by atoms with van der Waals surface area (Å²) >= 11 is 0. The van der Waals surface area contributed by atoms with Crippen LogP contribution in [-0.4, -0.2) is 29.2 Å². The van der Waals surface area contributed by atoms with E-state index in [1.807, 2.05) is 13.8 Å². The topological polar surface area (TPSA) is 90.2 Å². The molecule has 3 N–H and O–H groups in total. The summed E-state index contributed by atoms with van der Waals surface area (Å²) in [4.78, 5) is 17.6. The maximum atomic E-state index is 11.3. The van der Waals surface area contributed by atoms with Gasteiger partial charge in [0, 0.05) is 5.54 Å². The Labute approximate surface area is 93.8 Å². The molecule has 0 aliphatic heterocycles. The van der Waals surface area contributed by atoms with E-state index >= 15 is 0 Å². The minimum absolute atomic E-state index is 0.0643. The number of rotatable bonds is 5. The van der Waals surface area contributed by atoms with Crippen molar-refractivity contribution in [2.45, 2.75) is 25.8 Å². The quantitative estimate of drug-likeness (QED) is 0.754. The molecule has 1 rings (SSSR count). The Bertz CT molecular complexity index is 401. The first-order valence-corrected chi connectivity index (χ1v) is 5.03. The molecule has 0 fully saturated rings. The fraction of sp³-hybridized carbons (Fsp3) is 0.600. The molecule has 0 aliphatic rings.